The Morgan fingerprint density at radius 3 is 2.14 bits per heavy atom. The fourth-order valence-electron chi connectivity index (χ4n) is 4.42. The minimum absolute atomic E-state index is 0.112. The lowest BCUT2D eigenvalue weighted by Crippen LogP contribution is -2.62. The van der Waals surface area contributed by atoms with E-state index in [0.717, 1.165) is 0 Å². The van der Waals surface area contributed by atoms with E-state index in [1.807, 2.05) is 20.8 Å². The molecule has 4 unspecified atom stereocenters. The number of aliphatic hydroxyl groups is 1. The second-order valence-corrected chi connectivity index (χ2v) is 8.79. The summed E-state index contributed by atoms with van der Waals surface area (Å²) in [5.41, 5.74) is -2.51. The van der Waals surface area contributed by atoms with Gasteiger partial charge in [-0.3, -0.25) is 0 Å². The maximum atomic E-state index is 11.4. The Morgan fingerprint density at radius 2 is 1.59 bits per heavy atom. The van der Waals surface area contributed by atoms with E-state index in [0.29, 0.717) is 5.92 Å². The van der Waals surface area contributed by atoms with Crippen molar-refractivity contribution in [1.82, 2.24) is 0 Å². The molecular formula is C16H29B2O4. The van der Waals surface area contributed by atoms with E-state index in [4.69, 9.17) is 14.0 Å². The van der Waals surface area contributed by atoms with Gasteiger partial charge in [0, 0.05) is 0 Å². The minimum Gasteiger partial charge on any atom is -0.435 e. The number of rotatable bonds is 1. The molecule has 123 valence electrons. The summed E-state index contributed by atoms with van der Waals surface area (Å²) in [4.78, 5) is 0. The molecule has 2 saturated heterocycles. The predicted octanol–water partition coefficient (Wildman–Crippen LogP) is 2.40. The van der Waals surface area contributed by atoms with Gasteiger partial charge in [-0.05, 0) is 72.1 Å². The van der Waals surface area contributed by atoms with Gasteiger partial charge in [-0.1, -0.05) is 6.92 Å². The zero-order valence-electron chi connectivity index (χ0n) is 15.0. The molecule has 1 radical (unpaired) electrons. The predicted molar refractivity (Wildman–Crippen MR) is 87.3 cm³/mol. The Balaban J connectivity index is 2.08. The summed E-state index contributed by atoms with van der Waals surface area (Å²) in [6.45, 7) is 14.3. The summed E-state index contributed by atoms with van der Waals surface area (Å²) >= 11 is 0. The molecule has 2 bridgehead atoms. The zero-order valence-corrected chi connectivity index (χ0v) is 15.0. The maximum absolute atomic E-state index is 11.4. The quantitative estimate of drug-likeness (QED) is 0.756. The largest absolute Gasteiger partial charge is 0.439 e. The molecule has 4 nitrogen and oxygen atoms in total. The molecule has 2 aliphatic heterocycles. The van der Waals surface area contributed by atoms with Gasteiger partial charge in [-0.25, -0.2) is 0 Å². The summed E-state index contributed by atoms with van der Waals surface area (Å²) < 4.78 is 18.3. The third kappa shape index (κ3) is 2.21. The van der Waals surface area contributed by atoms with Crippen molar-refractivity contribution in [3.63, 3.8) is 0 Å². The van der Waals surface area contributed by atoms with Gasteiger partial charge in [0.25, 0.3) is 0 Å². The van der Waals surface area contributed by atoms with Gasteiger partial charge in [-0.2, -0.15) is 0 Å². The van der Waals surface area contributed by atoms with E-state index in [1.54, 1.807) is 7.37 Å². The molecule has 6 heteroatoms. The first-order valence-corrected chi connectivity index (χ1v) is 8.51. The van der Waals surface area contributed by atoms with E-state index < -0.39 is 29.4 Å². The summed E-state index contributed by atoms with van der Waals surface area (Å²) in [6, 6.07) is 0. The summed E-state index contributed by atoms with van der Waals surface area (Å²) in [7, 11) is 1.12. The van der Waals surface area contributed by atoms with Crippen molar-refractivity contribution >= 4 is 14.4 Å². The molecule has 2 heterocycles. The van der Waals surface area contributed by atoms with E-state index in [1.165, 1.54) is 12.8 Å². The highest BCUT2D eigenvalue weighted by atomic mass is 16.7. The second kappa shape index (κ2) is 4.75. The van der Waals surface area contributed by atoms with Crippen molar-refractivity contribution < 1.29 is 19.1 Å². The smallest absolute Gasteiger partial charge is 0.435 e. The highest BCUT2D eigenvalue weighted by molar-refractivity contribution is 7.03. The molecule has 1 saturated carbocycles. The number of fused-ring (bicyclic) bond motifs is 2. The molecule has 0 aromatic heterocycles. The second-order valence-electron chi connectivity index (χ2n) is 8.79. The molecule has 1 N–H and O–H groups in total. The molecule has 0 aromatic carbocycles. The first-order chi connectivity index (χ1) is 9.92. The van der Waals surface area contributed by atoms with E-state index in [2.05, 4.69) is 27.7 Å². The molecule has 0 amide bonds. The van der Waals surface area contributed by atoms with Crippen LogP contribution in [0.3, 0.4) is 0 Å². The van der Waals surface area contributed by atoms with Crippen LogP contribution in [0.5, 0.6) is 0 Å². The van der Waals surface area contributed by atoms with Gasteiger partial charge >= 0.3 is 14.4 Å². The van der Waals surface area contributed by atoms with Gasteiger partial charge in [-0.15, -0.1) is 0 Å². The van der Waals surface area contributed by atoms with Crippen LogP contribution < -0.4 is 0 Å². The van der Waals surface area contributed by atoms with Crippen LogP contribution in [0.1, 0.15) is 61.3 Å². The lowest BCUT2D eigenvalue weighted by molar-refractivity contribution is -0.179. The highest BCUT2D eigenvalue weighted by Gasteiger charge is 2.65. The zero-order chi connectivity index (χ0) is 16.6. The maximum Gasteiger partial charge on any atom is 0.439 e. The van der Waals surface area contributed by atoms with Crippen LogP contribution >= 0.6 is 0 Å². The monoisotopic (exact) mass is 307 g/mol. The SMILES string of the molecule is CC1C(C2CC2)C(C)(O)C(C)(C)O[B]B2OC(C)(C)C1(C)O2. The highest BCUT2D eigenvalue weighted by Crippen LogP contribution is 2.56. The molecular weight excluding hydrogens is 278 g/mol. The summed E-state index contributed by atoms with van der Waals surface area (Å²) in [6.07, 6.45) is 2.34. The van der Waals surface area contributed by atoms with Gasteiger partial charge in [0.05, 0.1) is 22.4 Å². The molecule has 3 aliphatic rings. The van der Waals surface area contributed by atoms with Crippen LogP contribution in [0.4, 0.5) is 0 Å². The van der Waals surface area contributed by atoms with Crippen molar-refractivity contribution in [2.24, 2.45) is 17.8 Å². The first kappa shape index (κ1) is 16.8. The molecule has 3 fully saturated rings. The van der Waals surface area contributed by atoms with Gasteiger partial charge in [0.2, 0.25) is 0 Å². The van der Waals surface area contributed by atoms with Crippen molar-refractivity contribution in [2.45, 2.75) is 83.7 Å². The lowest BCUT2D eigenvalue weighted by Gasteiger charge is -2.52. The normalized spacial score (nSPS) is 47.4. The van der Waals surface area contributed by atoms with Crippen LogP contribution in [0, 0.1) is 17.8 Å². The van der Waals surface area contributed by atoms with Crippen molar-refractivity contribution in [3.05, 3.63) is 0 Å². The molecule has 1 aliphatic carbocycles. The van der Waals surface area contributed by atoms with E-state index in [-0.39, 0.29) is 11.8 Å². The average Bonchev–Trinajstić information content (AvgIpc) is 3.14. The Morgan fingerprint density at radius 1 is 1.00 bits per heavy atom. The summed E-state index contributed by atoms with van der Waals surface area (Å²) in [5, 5.41) is 11.4. The van der Waals surface area contributed by atoms with Gasteiger partial charge in [0.15, 0.2) is 0 Å². The van der Waals surface area contributed by atoms with Crippen molar-refractivity contribution in [3.8, 4) is 0 Å². The number of hydrogen-bond acceptors (Lipinski definition) is 4. The van der Waals surface area contributed by atoms with Crippen LogP contribution in [-0.4, -0.2) is 41.9 Å². The number of hydrogen-bond donors (Lipinski definition) is 1. The Bertz CT molecular complexity index is 461. The lowest BCUT2D eigenvalue weighted by atomic mass is 9.55. The Labute approximate surface area is 135 Å². The van der Waals surface area contributed by atoms with Gasteiger partial charge < -0.3 is 19.1 Å². The molecule has 0 aromatic rings. The Hall–Kier alpha value is -0.0301. The topological polar surface area (TPSA) is 47.9 Å². The van der Waals surface area contributed by atoms with Crippen LogP contribution in [-0.2, 0) is 14.0 Å². The fraction of sp³-hybridized carbons (Fsp3) is 1.00. The average molecular weight is 307 g/mol. The van der Waals surface area contributed by atoms with Crippen LogP contribution in [0.25, 0.3) is 0 Å². The molecule has 3 rings (SSSR count). The van der Waals surface area contributed by atoms with Crippen LogP contribution in [0.15, 0.2) is 0 Å². The molecule has 0 spiro atoms. The molecule has 4 atom stereocenters. The van der Waals surface area contributed by atoms with Crippen LogP contribution in [0.2, 0.25) is 0 Å². The third-order valence-corrected chi connectivity index (χ3v) is 6.85. The summed E-state index contributed by atoms with van der Waals surface area (Å²) in [5.74, 6) is 0.797. The Kier molecular flexibility index (Phi) is 3.63. The molecule has 22 heavy (non-hydrogen) atoms. The minimum atomic E-state index is -0.934. The third-order valence-electron chi connectivity index (χ3n) is 6.85. The van der Waals surface area contributed by atoms with E-state index in [9.17, 15) is 5.11 Å². The van der Waals surface area contributed by atoms with Crippen molar-refractivity contribution in [1.29, 1.82) is 0 Å². The standard InChI is InChI=1S/C16H29B2O4/c1-10-12(11-8-9-11)15(6,19)13(2,3)20-17-18-21-14(4,5)16(10,7)22-18/h10-12,19H,8-9H2,1-7H3. The first-order valence-electron chi connectivity index (χ1n) is 8.51. The van der Waals surface area contributed by atoms with E-state index >= 15 is 0 Å². The fourth-order valence-corrected chi connectivity index (χ4v) is 4.42. The van der Waals surface area contributed by atoms with Crippen molar-refractivity contribution in [2.75, 3.05) is 0 Å². The van der Waals surface area contributed by atoms with Gasteiger partial charge in [0.1, 0.15) is 0 Å².